The number of benzene rings is 1. The van der Waals surface area contributed by atoms with E-state index in [1.165, 1.54) is 12.8 Å². The van der Waals surface area contributed by atoms with E-state index in [1.54, 1.807) is 0 Å². The standard InChI is InChI=1S/C14H14N2O3/c17-12-7-9-3-4-10(16-5-1-2-6-16)8-11(9)15-13(12)14(18)19/h3-4,8H,1-2,5-7H2,(H,18,19). The summed E-state index contributed by atoms with van der Waals surface area (Å²) in [5.41, 5.74) is 2.12. The zero-order chi connectivity index (χ0) is 13.4. The quantitative estimate of drug-likeness (QED) is 0.874. The summed E-state index contributed by atoms with van der Waals surface area (Å²) in [5, 5.41) is 8.95. The average molecular weight is 258 g/mol. The molecule has 0 radical (unpaired) electrons. The van der Waals surface area contributed by atoms with Crippen molar-refractivity contribution in [1.82, 2.24) is 0 Å². The number of anilines is 1. The third-order valence-corrected chi connectivity index (χ3v) is 3.59. The van der Waals surface area contributed by atoms with Crippen LogP contribution >= 0.6 is 0 Å². The molecule has 2 aliphatic heterocycles. The highest BCUT2D eigenvalue weighted by molar-refractivity contribution is 6.65. The predicted molar refractivity (Wildman–Crippen MR) is 71.3 cm³/mol. The second kappa shape index (κ2) is 4.50. The minimum atomic E-state index is -1.25. The number of rotatable bonds is 2. The fraction of sp³-hybridized carbons (Fsp3) is 0.357. The summed E-state index contributed by atoms with van der Waals surface area (Å²) in [5.74, 6) is -1.67. The predicted octanol–water partition coefficient (Wildman–Crippen LogP) is 1.57. The summed E-state index contributed by atoms with van der Waals surface area (Å²) in [6.45, 7) is 2.04. The Hall–Kier alpha value is -2.17. The number of carbonyl (C=O) groups excluding carboxylic acids is 1. The molecule has 0 aliphatic carbocycles. The molecule has 0 unspecified atom stereocenters. The number of hydrogen-bond donors (Lipinski definition) is 1. The van der Waals surface area contributed by atoms with Crippen molar-refractivity contribution in [3.05, 3.63) is 23.8 Å². The first-order valence-corrected chi connectivity index (χ1v) is 6.38. The van der Waals surface area contributed by atoms with Crippen LogP contribution in [0.2, 0.25) is 0 Å². The maximum Gasteiger partial charge on any atom is 0.358 e. The zero-order valence-corrected chi connectivity index (χ0v) is 10.4. The first-order chi connectivity index (χ1) is 9.15. The molecule has 1 fully saturated rings. The van der Waals surface area contributed by atoms with Gasteiger partial charge in [0.2, 0.25) is 0 Å². The van der Waals surface area contributed by atoms with Crippen LogP contribution in [0.3, 0.4) is 0 Å². The van der Waals surface area contributed by atoms with Gasteiger partial charge in [-0.1, -0.05) is 6.07 Å². The van der Waals surface area contributed by atoms with Gasteiger partial charge in [0.25, 0.3) is 0 Å². The summed E-state index contributed by atoms with van der Waals surface area (Å²) in [7, 11) is 0. The van der Waals surface area contributed by atoms with Crippen molar-refractivity contribution >= 4 is 28.8 Å². The summed E-state index contributed by atoms with van der Waals surface area (Å²) < 4.78 is 0. The van der Waals surface area contributed by atoms with Crippen LogP contribution in [0.4, 0.5) is 11.4 Å². The lowest BCUT2D eigenvalue weighted by Crippen LogP contribution is -2.27. The van der Waals surface area contributed by atoms with Crippen LogP contribution in [0, 0.1) is 0 Å². The van der Waals surface area contributed by atoms with Gasteiger partial charge < -0.3 is 10.0 Å². The molecule has 0 atom stereocenters. The molecule has 0 spiro atoms. The highest BCUT2D eigenvalue weighted by Crippen LogP contribution is 2.31. The fourth-order valence-electron chi connectivity index (χ4n) is 2.58. The third kappa shape index (κ3) is 2.12. The number of Topliss-reactive ketones (excluding diaryl/α,β-unsaturated/α-hetero) is 1. The smallest absolute Gasteiger partial charge is 0.358 e. The van der Waals surface area contributed by atoms with Crippen molar-refractivity contribution in [3.63, 3.8) is 0 Å². The van der Waals surface area contributed by atoms with E-state index in [-0.39, 0.29) is 12.1 Å². The summed E-state index contributed by atoms with van der Waals surface area (Å²) in [6.07, 6.45) is 2.49. The van der Waals surface area contributed by atoms with E-state index in [0.29, 0.717) is 5.69 Å². The van der Waals surface area contributed by atoms with Gasteiger partial charge in [0.1, 0.15) is 0 Å². The van der Waals surface area contributed by atoms with Crippen molar-refractivity contribution in [2.45, 2.75) is 19.3 Å². The molecule has 0 saturated carbocycles. The first-order valence-electron chi connectivity index (χ1n) is 6.38. The second-order valence-corrected chi connectivity index (χ2v) is 4.87. The molecule has 2 aliphatic rings. The normalized spacial score (nSPS) is 18.2. The van der Waals surface area contributed by atoms with E-state index in [4.69, 9.17) is 5.11 Å². The molecular weight excluding hydrogens is 244 g/mol. The van der Waals surface area contributed by atoms with Gasteiger partial charge in [-0.3, -0.25) is 4.79 Å². The molecule has 19 heavy (non-hydrogen) atoms. The van der Waals surface area contributed by atoms with Gasteiger partial charge in [-0.15, -0.1) is 0 Å². The van der Waals surface area contributed by atoms with Crippen molar-refractivity contribution in [2.75, 3.05) is 18.0 Å². The largest absolute Gasteiger partial charge is 0.476 e. The maximum atomic E-state index is 11.6. The van der Waals surface area contributed by atoms with E-state index >= 15 is 0 Å². The zero-order valence-electron chi connectivity index (χ0n) is 10.4. The van der Waals surface area contributed by atoms with Gasteiger partial charge in [-0.25, -0.2) is 9.79 Å². The van der Waals surface area contributed by atoms with Crippen LogP contribution in [0.25, 0.3) is 0 Å². The van der Waals surface area contributed by atoms with Gasteiger partial charge in [-0.05, 0) is 30.5 Å². The van der Waals surface area contributed by atoms with Crippen molar-refractivity contribution in [3.8, 4) is 0 Å². The van der Waals surface area contributed by atoms with Gasteiger partial charge in [-0.2, -0.15) is 0 Å². The number of ketones is 1. The molecule has 0 amide bonds. The average Bonchev–Trinajstić information content (AvgIpc) is 2.91. The summed E-state index contributed by atoms with van der Waals surface area (Å²) in [4.78, 5) is 28.8. The van der Waals surface area contributed by atoms with Crippen LogP contribution < -0.4 is 4.90 Å². The first kappa shape index (κ1) is 11.9. The number of carboxylic acids is 1. The number of fused-ring (bicyclic) bond motifs is 1. The van der Waals surface area contributed by atoms with E-state index in [9.17, 15) is 9.59 Å². The van der Waals surface area contributed by atoms with Crippen molar-refractivity contribution in [2.24, 2.45) is 4.99 Å². The van der Waals surface area contributed by atoms with Crippen molar-refractivity contribution in [1.29, 1.82) is 0 Å². The third-order valence-electron chi connectivity index (χ3n) is 3.59. The molecule has 1 N–H and O–H groups in total. The Morgan fingerprint density at radius 1 is 1.26 bits per heavy atom. The Balaban J connectivity index is 2.00. The molecule has 5 nitrogen and oxygen atoms in total. The molecule has 1 aromatic rings. The number of nitrogens with zero attached hydrogens (tertiary/aromatic N) is 2. The SMILES string of the molecule is O=C(O)C1=Nc2cc(N3CCCC3)ccc2CC1=O. The van der Waals surface area contributed by atoms with E-state index in [2.05, 4.69) is 9.89 Å². The number of aliphatic carboxylic acids is 1. The van der Waals surface area contributed by atoms with Gasteiger partial charge in [0.15, 0.2) is 11.5 Å². The Morgan fingerprint density at radius 3 is 2.68 bits per heavy atom. The molecule has 0 bridgehead atoms. The van der Waals surface area contributed by atoms with Crippen LogP contribution in [0.15, 0.2) is 23.2 Å². The number of aliphatic imine (C=N–C) groups is 1. The van der Waals surface area contributed by atoms with Gasteiger partial charge in [0.05, 0.1) is 5.69 Å². The Morgan fingerprint density at radius 2 is 2.00 bits per heavy atom. The lowest BCUT2D eigenvalue weighted by Gasteiger charge is -2.20. The van der Waals surface area contributed by atoms with Crippen LogP contribution in [0.5, 0.6) is 0 Å². The van der Waals surface area contributed by atoms with Gasteiger partial charge in [0, 0.05) is 25.2 Å². The molecule has 98 valence electrons. The van der Waals surface area contributed by atoms with Crippen molar-refractivity contribution < 1.29 is 14.7 Å². The molecule has 1 aromatic carbocycles. The fourth-order valence-corrected chi connectivity index (χ4v) is 2.58. The lowest BCUT2D eigenvalue weighted by molar-refractivity contribution is -0.130. The Kier molecular flexibility index (Phi) is 2.81. The molecule has 0 aromatic heterocycles. The van der Waals surface area contributed by atoms with Crippen LogP contribution in [-0.4, -0.2) is 35.7 Å². The van der Waals surface area contributed by atoms with Crippen LogP contribution in [0.1, 0.15) is 18.4 Å². The molecule has 1 saturated heterocycles. The number of carbonyl (C=O) groups is 2. The topological polar surface area (TPSA) is 70.0 Å². The second-order valence-electron chi connectivity index (χ2n) is 4.87. The van der Waals surface area contributed by atoms with Gasteiger partial charge >= 0.3 is 5.97 Å². The van der Waals surface area contributed by atoms with Crippen LogP contribution in [-0.2, 0) is 16.0 Å². The molecule has 3 rings (SSSR count). The monoisotopic (exact) mass is 258 g/mol. The minimum absolute atomic E-state index is 0.126. The lowest BCUT2D eigenvalue weighted by atomic mass is 10.00. The Bertz CT molecular complexity index is 586. The van der Waals surface area contributed by atoms with E-state index < -0.39 is 11.8 Å². The van der Waals surface area contributed by atoms with E-state index in [0.717, 1.165) is 24.3 Å². The van der Waals surface area contributed by atoms with E-state index in [1.807, 2.05) is 18.2 Å². The highest BCUT2D eigenvalue weighted by Gasteiger charge is 2.26. The summed E-state index contributed by atoms with van der Waals surface area (Å²) >= 11 is 0. The molecular formula is C14H14N2O3. The number of carboxylic acid groups (broad SMARTS) is 1. The highest BCUT2D eigenvalue weighted by atomic mass is 16.4. The Labute approximate surface area is 110 Å². The molecule has 2 heterocycles. The summed E-state index contributed by atoms with van der Waals surface area (Å²) in [6, 6.07) is 5.75. The maximum absolute atomic E-state index is 11.6. The molecule has 5 heteroatoms. The minimum Gasteiger partial charge on any atom is -0.476 e. The number of hydrogen-bond acceptors (Lipinski definition) is 4.